The molecule has 2 aromatic heterocycles. The van der Waals surface area contributed by atoms with Gasteiger partial charge in [0, 0.05) is 18.7 Å². The van der Waals surface area contributed by atoms with Crippen molar-refractivity contribution in [1.82, 2.24) is 19.8 Å². The van der Waals surface area contributed by atoms with Crippen molar-refractivity contribution in [2.75, 3.05) is 13.2 Å². The van der Waals surface area contributed by atoms with Crippen molar-refractivity contribution < 1.29 is 28.4 Å². The number of aromatic hydroxyl groups is 1. The lowest BCUT2D eigenvalue weighted by atomic mass is 10.2. The van der Waals surface area contributed by atoms with Gasteiger partial charge in [0.1, 0.15) is 12.2 Å². The first-order valence-corrected chi connectivity index (χ1v) is 11.3. The molecule has 0 aromatic carbocycles. The van der Waals surface area contributed by atoms with Crippen LogP contribution in [-0.2, 0) is 16.1 Å². The highest BCUT2D eigenvalue weighted by molar-refractivity contribution is 5.96. The molecule has 10 nitrogen and oxygen atoms in total. The number of ether oxygens (including phenoxy) is 1. The Morgan fingerprint density at radius 3 is 2.82 bits per heavy atom. The summed E-state index contributed by atoms with van der Waals surface area (Å²) >= 11 is 0. The number of carbonyl (C=O) groups excluding carboxylic acids is 2. The van der Waals surface area contributed by atoms with Crippen molar-refractivity contribution in [2.24, 2.45) is 0 Å². The first-order chi connectivity index (χ1) is 15.8. The average molecular weight is 458 g/mol. The normalized spacial score (nSPS) is 25.3. The summed E-state index contributed by atoms with van der Waals surface area (Å²) in [7, 11) is 0. The van der Waals surface area contributed by atoms with Gasteiger partial charge in [-0.1, -0.05) is 4.52 Å². The molecule has 2 amide bonds. The number of H-pyrrole nitrogens is 1. The van der Waals surface area contributed by atoms with E-state index in [1.54, 1.807) is 4.90 Å². The molecule has 0 spiro atoms. The van der Waals surface area contributed by atoms with E-state index in [0.717, 1.165) is 23.8 Å². The zero-order chi connectivity index (χ0) is 22.9. The third-order valence-electron chi connectivity index (χ3n) is 6.93. The van der Waals surface area contributed by atoms with E-state index in [-0.39, 0.29) is 36.3 Å². The zero-order valence-electron chi connectivity index (χ0n) is 17.9. The Morgan fingerprint density at radius 1 is 1.39 bits per heavy atom. The fourth-order valence-electron chi connectivity index (χ4n) is 4.72. The van der Waals surface area contributed by atoms with Crippen molar-refractivity contribution in [1.29, 1.82) is 0 Å². The lowest BCUT2D eigenvalue weighted by Crippen LogP contribution is -2.47. The van der Waals surface area contributed by atoms with Crippen LogP contribution in [0.1, 0.15) is 48.0 Å². The van der Waals surface area contributed by atoms with E-state index in [2.05, 4.69) is 10.4 Å². The van der Waals surface area contributed by atoms with Crippen LogP contribution in [-0.4, -0.2) is 68.4 Å². The molecule has 2 saturated carbocycles. The van der Waals surface area contributed by atoms with E-state index in [1.165, 1.54) is 22.9 Å². The van der Waals surface area contributed by atoms with Gasteiger partial charge in [0.05, 0.1) is 30.5 Å². The van der Waals surface area contributed by atoms with Gasteiger partial charge in [-0.15, -0.1) is 0 Å². The Bertz CT molecular complexity index is 1260. The molecule has 11 heteroatoms. The second kappa shape index (κ2) is 7.14. The van der Waals surface area contributed by atoms with E-state index in [1.807, 2.05) is 0 Å². The molecule has 2 aliphatic carbocycles. The number of aromatic nitrogens is 3. The number of fused-ring (bicyclic) bond motifs is 3. The molecule has 2 atom stereocenters. The minimum atomic E-state index is -1.51. The van der Waals surface area contributed by atoms with Crippen LogP contribution in [0.2, 0.25) is 0 Å². The fraction of sp³-hybridized carbons (Fsp3) is 0.545. The van der Waals surface area contributed by atoms with Gasteiger partial charge >= 0.3 is 17.1 Å². The molecule has 4 heterocycles. The van der Waals surface area contributed by atoms with Crippen LogP contribution >= 0.6 is 0 Å². The molecule has 4 aliphatic rings. The molecule has 3 N–H and O–H groups in total. The van der Waals surface area contributed by atoms with Crippen molar-refractivity contribution in [3.05, 3.63) is 33.8 Å². The SMILES string of the molecule is O=C(NC1CC1)c1c(O)[n+](CC2(F)CC2)c2c(/C=C/C(=O)N3C[C@H]4C[C@@H]3CO4)c[nH]n2c1=O. The molecule has 6 rings (SSSR count). The molecule has 2 saturated heterocycles. The Hall–Kier alpha value is -3.21. The summed E-state index contributed by atoms with van der Waals surface area (Å²) in [6, 6.07) is 0.0568. The first kappa shape index (κ1) is 20.4. The highest BCUT2D eigenvalue weighted by Crippen LogP contribution is 2.40. The number of halogens is 1. The second-order valence-electron chi connectivity index (χ2n) is 9.55. The van der Waals surface area contributed by atoms with E-state index < -0.39 is 28.6 Å². The molecular weight excluding hydrogens is 433 g/mol. The number of hydrogen-bond acceptors (Lipinski definition) is 5. The minimum Gasteiger partial charge on any atom is -0.477 e. The quantitative estimate of drug-likeness (QED) is 0.417. The highest BCUT2D eigenvalue weighted by atomic mass is 19.1. The predicted molar refractivity (Wildman–Crippen MR) is 112 cm³/mol. The molecule has 2 bridgehead atoms. The van der Waals surface area contributed by atoms with Crippen molar-refractivity contribution in [3.63, 3.8) is 0 Å². The molecule has 2 aromatic rings. The Labute approximate surface area is 187 Å². The number of nitrogens with zero attached hydrogens (tertiary/aromatic N) is 3. The standard InChI is InChI=1S/C22H24FN5O5/c23-22(5-6-22)11-27-19-12(1-4-16(29)26-9-15-7-14(26)10-33-15)8-24-28(19)21(32)17(20(27)31)18(30)25-13-2-3-13/h1,4,8,13-15H,2-3,5-7,9-11H2,(H2,25,30,31,32)/p+1/b4-1+/t14-,15-/m1/s1. The van der Waals surface area contributed by atoms with Crippen LogP contribution in [0.25, 0.3) is 11.7 Å². The number of hydrogen-bond donors (Lipinski definition) is 3. The molecule has 4 fully saturated rings. The number of likely N-dealkylation sites (tertiary alicyclic amines) is 1. The van der Waals surface area contributed by atoms with Crippen LogP contribution in [0, 0.1) is 0 Å². The minimum absolute atomic E-state index is 0.0132. The maximum Gasteiger partial charge on any atom is 0.378 e. The fourth-order valence-corrected chi connectivity index (χ4v) is 4.72. The summed E-state index contributed by atoms with van der Waals surface area (Å²) in [4.78, 5) is 40.2. The number of morpholine rings is 1. The van der Waals surface area contributed by atoms with Gasteiger partial charge in [0.25, 0.3) is 5.91 Å². The Morgan fingerprint density at radius 2 is 2.18 bits per heavy atom. The Kier molecular flexibility index (Phi) is 4.42. The predicted octanol–water partition coefficient (Wildman–Crippen LogP) is 0.0279. The van der Waals surface area contributed by atoms with E-state index in [4.69, 9.17) is 4.74 Å². The van der Waals surface area contributed by atoms with Crippen LogP contribution in [0.5, 0.6) is 5.88 Å². The lowest BCUT2D eigenvalue weighted by Gasteiger charge is -2.25. The number of nitrogens with one attached hydrogen (secondary N) is 2. The van der Waals surface area contributed by atoms with E-state index in [9.17, 15) is 23.9 Å². The van der Waals surface area contributed by atoms with Gasteiger partial charge in [0.15, 0.2) is 0 Å². The van der Waals surface area contributed by atoms with Gasteiger partial charge in [-0.05, 0) is 38.2 Å². The lowest BCUT2D eigenvalue weighted by molar-refractivity contribution is -0.688. The molecule has 2 aliphatic heterocycles. The third-order valence-corrected chi connectivity index (χ3v) is 6.93. The van der Waals surface area contributed by atoms with Crippen LogP contribution < -0.4 is 15.4 Å². The number of carbonyl (C=O) groups is 2. The van der Waals surface area contributed by atoms with Gasteiger partial charge < -0.3 is 20.1 Å². The van der Waals surface area contributed by atoms with Crippen molar-refractivity contribution >= 4 is 23.5 Å². The average Bonchev–Trinajstić information content (AvgIpc) is 3.57. The monoisotopic (exact) mass is 458 g/mol. The summed E-state index contributed by atoms with van der Waals surface area (Å²) in [5, 5.41) is 16.4. The number of alkyl halides is 1. The third kappa shape index (κ3) is 3.50. The number of rotatable bonds is 6. The molecular formula is C22H25FN5O5+. The van der Waals surface area contributed by atoms with Crippen molar-refractivity contribution in [3.8, 4) is 5.88 Å². The van der Waals surface area contributed by atoms with Gasteiger partial charge in [0.2, 0.25) is 11.5 Å². The van der Waals surface area contributed by atoms with E-state index in [0.29, 0.717) is 31.6 Å². The molecule has 33 heavy (non-hydrogen) atoms. The summed E-state index contributed by atoms with van der Waals surface area (Å²) in [6.45, 7) is 0.878. The summed E-state index contributed by atoms with van der Waals surface area (Å²) in [6.07, 6.45) is 7.67. The largest absolute Gasteiger partial charge is 0.477 e. The van der Waals surface area contributed by atoms with Crippen LogP contribution in [0.4, 0.5) is 4.39 Å². The highest BCUT2D eigenvalue weighted by Gasteiger charge is 2.48. The van der Waals surface area contributed by atoms with Crippen molar-refractivity contribution in [2.45, 2.75) is 62.5 Å². The van der Waals surface area contributed by atoms with Gasteiger partial charge in [-0.3, -0.25) is 9.59 Å². The summed E-state index contributed by atoms with van der Waals surface area (Å²) < 4.78 is 22.7. The van der Waals surface area contributed by atoms with E-state index >= 15 is 0 Å². The molecule has 0 unspecified atom stereocenters. The number of amides is 2. The van der Waals surface area contributed by atoms with Crippen LogP contribution in [0.3, 0.4) is 0 Å². The first-order valence-electron chi connectivity index (χ1n) is 11.3. The summed E-state index contributed by atoms with van der Waals surface area (Å²) in [5.41, 5.74) is -2.05. The maximum atomic E-state index is 14.8. The molecule has 174 valence electrons. The summed E-state index contributed by atoms with van der Waals surface area (Å²) in [5.74, 6) is -1.43. The molecule has 0 radical (unpaired) electrons. The zero-order valence-corrected chi connectivity index (χ0v) is 17.9. The van der Waals surface area contributed by atoms with Crippen LogP contribution in [0.15, 0.2) is 17.1 Å². The number of aromatic amines is 1. The maximum absolute atomic E-state index is 14.8. The van der Waals surface area contributed by atoms with Gasteiger partial charge in [-0.2, -0.15) is 4.57 Å². The smallest absolute Gasteiger partial charge is 0.378 e. The second-order valence-corrected chi connectivity index (χ2v) is 9.55. The van der Waals surface area contributed by atoms with Gasteiger partial charge in [-0.25, -0.2) is 14.3 Å². The Balaban J connectivity index is 1.39. The topological polar surface area (TPSA) is 120 Å².